The molecule has 0 amide bonds. The van der Waals surface area contributed by atoms with Crippen LogP contribution >= 0.6 is 34.7 Å². The Balaban J connectivity index is 0.00000441. The van der Waals surface area contributed by atoms with Gasteiger partial charge in [-0.25, -0.2) is 9.37 Å². The molecule has 0 saturated heterocycles. The first-order chi connectivity index (χ1) is 18.4. The van der Waals surface area contributed by atoms with Crippen LogP contribution in [0.4, 0.5) is 17.6 Å². The number of rotatable bonds is 9. The average Bonchev–Trinajstić information content (AvgIpc) is 3.26. The molecule has 0 bridgehead atoms. The molecule has 204 valence electrons. The number of carbonyl (C=O) groups is 1. The maximum atomic E-state index is 14.8. The van der Waals surface area contributed by atoms with Crippen LogP contribution < -0.4 is 61.2 Å². The molecule has 4 rings (SSSR count). The minimum atomic E-state index is -4.44. The minimum Gasteiger partial charge on any atom is -0.546 e. The third-order valence-electron chi connectivity index (χ3n) is 5.81. The van der Waals surface area contributed by atoms with Gasteiger partial charge in [-0.2, -0.15) is 13.2 Å². The molecule has 1 atom stereocenters. The molecule has 12 heteroatoms. The van der Waals surface area contributed by atoms with E-state index in [1.807, 2.05) is 6.07 Å². The monoisotopic (exact) mass is 633 g/mol. The van der Waals surface area contributed by atoms with Crippen LogP contribution in [0.2, 0.25) is 5.02 Å². The first-order valence-electron chi connectivity index (χ1n) is 11.6. The van der Waals surface area contributed by atoms with E-state index in [2.05, 4.69) is 4.98 Å². The number of thioether (sulfide) groups is 1. The van der Waals surface area contributed by atoms with Crippen LogP contribution in [0.5, 0.6) is 5.75 Å². The van der Waals surface area contributed by atoms with E-state index in [9.17, 15) is 27.5 Å². The molecule has 0 fully saturated rings. The summed E-state index contributed by atoms with van der Waals surface area (Å²) in [6.45, 7) is 3.00. The second kappa shape index (κ2) is 14.1. The molecule has 0 aliphatic carbocycles. The standard InChI is InChI=1S/C28H22ClF4NO3S2.K/c1-15-12-19(10-11-23(15)37-14-25(35)36)38-24(13-20-21(29)4-3-5-22(20)30)26-16(2)34-27(39-26)17-6-8-18(9-7-17)28(31,32)33;/h3-12,24H,13-14H2,1-2H3,(H,35,36);/q;+1/p-1. The van der Waals surface area contributed by atoms with Crippen molar-refractivity contribution in [2.75, 3.05) is 6.61 Å². The zero-order chi connectivity index (χ0) is 28.3. The largest absolute Gasteiger partial charge is 1.00 e. The molecule has 0 aliphatic heterocycles. The Hall–Kier alpha value is -1.44. The molecule has 0 radical (unpaired) electrons. The summed E-state index contributed by atoms with van der Waals surface area (Å²) in [5.74, 6) is -1.38. The first kappa shape index (κ1) is 33.1. The molecule has 40 heavy (non-hydrogen) atoms. The third kappa shape index (κ3) is 8.31. The van der Waals surface area contributed by atoms with Gasteiger partial charge in [0.2, 0.25) is 0 Å². The van der Waals surface area contributed by atoms with Gasteiger partial charge in [0.1, 0.15) is 23.2 Å². The topological polar surface area (TPSA) is 62.2 Å². The molecule has 0 saturated carbocycles. The van der Waals surface area contributed by atoms with Crippen molar-refractivity contribution in [3.63, 3.8) is 0 Å². The summed E-state index contributed by atoms with van der Waals surface area (Å²) in [5.41, 5.74) is 1.51. The van der Waals surface area contributed by atoms with Gasteiger partial charge >= 0.3 is 57.6 Å². The van der Waals surface area contributed by atoms with Gasteiger partial charge in [-0.15, -0.1) is 23.1 Å². The summed E-state index contributed by atoms with van der Waals surface area (Å²) in [7, 11) is 0. The summed E-state index contributed by atoms with van der Waals surface area (Å²) in [5, 5.41) is 11.2. The summed E-state index contributed by atoms with van der Waals surface area (Å²) in [6.07, 6.45) is -4.21. The Morgan fingerprint density at radius 3 is 2.42 bits per heavy atom. The van der Waals surface area contributed by atoms with Gasteiger partial charge in [-0.05, 0) is 68.3 Å². The van der Waals surface area contributed by atoms with Gasteiger partial charge < -0.3 is 14.6 Å². The summed E-state index contributed by atoms with van der Waals surface area (Å²) < 4.78 is 59.1. The van der Waals surface area contributed by atoms with Crippen LogP contribution in [-0.2, 0) is 17.4 Å². The number of nitrogens with zero attached hydrogens (tertiary/aromatic N) is 1. The fraction of sp³-hybridized carbons (Fsp3) is 0.214. The Morgan fingerprint density at radius 2 is 1.82 bits per heavy atom. The van der Waals surface area contributed by atoms with E-state index in [4.69, 9.17) is 16.3 Å². The molecule has 1 aromatic heterocycles. The molecular formula is C28H21ClF4KNO3S2. The Bertz CT molecular complexity index is 1480. The van der Waals surface area contributed by atoms with Crippen molar-refractivity contribution in [3.05, 3.63) is 98.8 Å². The van der Waals surface area contributed by atoms with Crippen LogP contribution in [0.1, 0.15) is 32.5 Å². The number of aliphatic carboxylic acids is 1. The van der Waals surface area contributed by atoms with Gasteiger partial charge in [0.15, 0.2) is 0 Å². The van der Waals surface area contributed by atoms with Crippen molar-refractivity contribution < 1.29 is 83.6 Å². The van der Waals surface area contributed by atoms with Crippen LogP contribution in [0.15, 0.2) is 65.6 Å². The quantitative estimate of drug-likeness (QED) is 0.155. The Labute approximate surface area is 284 Å². The predicted molar refractivity (Wildman–Crippen MR) is 143 cm³/mol. The molecule has 1 heterocycles. The zero-order valence-corrected chi connectivity index (χ0v) is 27.2. The molecule has 0 aliphatic rings. The van der Waals surface area contributed by atoms with E-state index in [1.54, 1.807) is 32.0 Å². The summed E-state index contributed by atoms with van der Waals surface area (Å²) in [4.78, 5) is 17.0. The number of aromatic nitrogens is 1. The van der Waals surface area contributed by atoms with E-state index >= 15 is 0 Å². The average molecular weight is 634 g/mol. The van der Waals surface area contributed by atoms with Crippen molar-refractivity contribution >= 4 is 40.7 Å². The fourth-order valence-electron chi connectivity index (χ4n) is 3.89. The normalized spacial score (nSPS) is 12.1. The van der Waals surface area contributed by atoms with Crippen LogP contribution in [0.3, 0.4) is 0 Å². The van der Waals surface area contributed by atoms with Gasteiger partial charge in [-0.3, -0.25) is 0 Å². The Morgan fingerprint density at radius 1 is 1.12 bits per heavy atom. The molecule has 4 aromatic rings. The van der Waals surface area contributed by atoms with Crippen LogP contribution in [-0.4, -0.2) is 17.6 Å². The van der Waals surface area contributed by atoms with Crippen molar-refractivity contribution in [1.82, 2.24) is 4.98 Å². The van der Waals surface area contributed by atoms with E-state index in [0.29, 0.717) is 33.1 Å². The van der Waals surface area contributed by atoms with Crippen molar-refractivity contribution in [2.45, 2.75) is 36.6 Å². The number of hydrogen-bond acceptors (Lipinski definition) is 6. The minimum absolute atomic E-state index is 0. The van der Waals surface area contributed by atoms with Crippen molar-refractivity contribution in [2.24, 2.45) is 0 Å². The van der Waals surface area contributed by atoms with E-state index in [-0.39, 0.29) is 68.1 Å². The number of halogens is 5. The predicted octanol–water partition coefficient (Wildman–Crippen LogP) is 4.45. The maximum absolute atomic E-state index is 14.8. The molecule has 0 N–H and O–H groups in total. The maximum Gasteiger partial charge on any atom is 1.00 e. The number of benzene rings is 3. The van der Waals surface area contributed by atoms with Crippen LogP contribution in [0.25, 0.3) is 10.6 Å². The molecule has 4 nitrogen and oxygen atoms in total. The summed E-state index contributed by atoms with van der Waals surface area (Å²) in [6, 6.07) is 14.5. The first-order valence-corrected chi connectivity index (χ1v) is 13.7. The molecular weight excluding hydrogens is 613 g/mol. The zero-order valence-electron chi connectivity index (χ0n) is 21.6. The SMILES string of the molecule is Cc1cc(SC(Cc2c(F)cccc2Cl)c2sc(-c3ccc(C(F)(F)F)cc3)nc2C)ccc1OCC(=O)[O-].[K+]. The van der Waals surface area contributed by atoms with Gasteiger partial charge in [0.25, 0.3) is 0 Å². The van der Waals surface area contributed by atoms with Gasteiger partial charge in [0.05, 0.1) is 17.2 Å². The number of thiazole rings is 1. The second-order valence-corrected chi connectivity index (χ2v) is 11.4. The van der Waals surface area contributed by atoms with E-state index in [0.717, 1.165) is 21.9 Å². The molecule has 1 unspecified atom stereocenters. The molecule has 0 spiro atoms. The Kier molecular flexibility index (Phi) is 11.7. The molecule has 3 aromatic carbocycles. The smallest absolute Gasteiger partial charge is 0.546 e. The number of alkyl halides is 3. The fourth-order valence-corrected chi connectivity index (χ4v) is 6.72. The number of ether oxygens (including phenoxy) is 1. The van der Waals surface area contributed by atoms with E-state index < -0.39 is 30.1 Å². The van der Waals surface area contributed by atoms with Gasteiger partial charge in [0, 0.05) is 31.2 Å². The number of carboxylic acid groups (broad SMARTS) is 1. The number of hydrogen-bond donors (Lipinski definition) is 0. The van der Waals surface area contributed by atoms with Crippen LogP contribution in [0, 0.1) is 19.7 Å². The number of carbonyl (C=O) groups excluding carboxylic acids is 1. The number of carboxylic acids is 1. The van der Waals surface area contributed by atoms with Gasteiger partial charge in [-0.1, -0.05) is 29.8 Å². The van der Waals surface area contributed by atoms with Crippen molar-refractivity contribution in [1.29, 1.82) is 0 Å². The third-order valence-corrected chi connectivity index (χ3v) is 8.84. The summed E-state index contributed by atoms with van der Waals surface area (Å²) >= 11 is 9.11. The van der Waals surface area contributed by atoms with E-state index in [1.165, 1.54) is 47.4 Å². The second-order valence-electron chi connectivity index (χ2n) is 8.64. The number of aryl methyl sites for hydroxylation is 2. The van der Waals surface area contributed by atoms with Crippen molar-refractivity contribution in [3.8, 4) is 16.3 Å².